The van der Waals surface area contributed by atoms with E-state index >= 15 is 0 Å². The second-order valence-electron chi connectivity index (χ2n) is 7.37. The van der Waals surface area contributed by atoms with Crippen LogP contribution >= 0.6 is 0 Å². The number of benzene rings is 2. The molecule has 0 spiro atoms. The first-order valence-electron chi connectivity index (χ1n) is 9.68. The van der Waals surface area contributed by atoms with Gasteiger partial charge in [0.05, 0.1) is 25.2 Å². The number of rotatable bonds is 5. The molecule has 5 rings (SSSR count). The van der Waals surface area contributed by atoms with Crippen LogP contribution in [0.1, 0.15) is 28.9 Å². The van der Waals surface area contributed by atoms with Crippen LogP contribution in [0.15, 0.2) is 36.4 Å². The molecule has 30 heavy (non-hydrogen) atoms. The molecule has 0 N–H and O–H groups in total. The molecule has 0 amide bonds. The van der Waals surface area contributed by atoms with Crippen LogP contribution in [0.4, 0.5) is 0 Å². The Balaban J connectivity index is 1.42. The van der Waals surface area contributed by atoms with Gasteiger partial charge in [-0.3, -0.25) is 9.59 Å². The molecule has 0 aliphatic carbocycles. The van der Waals surface area contributed by atoms with Crippen molar-refractivity contribution in [1.29, 1.82) is 0 Å². The third-order valence-electron chi connectivity index (χ3n) is 5.56. The standard InChI is InChI=1S/C22H20O8/c1-12(23)25-9-16-15(21(24)13-2-4-17-19(6-13)29-10-27-17)8-26-22(16)14-3-5-18-20(7-14)30-11-28-18/h2-7,15-16,22H,8-11H2,1H3/t15-,16-,22-/m0/s1. The lowest BCUT2D eigenvalue weighted by atomic mass is 9.83. The highest BCUT2D eigenvalue weighted by Gasteiger charge is 2.43. The van der Waals surface area contributed by atoms with Gasteiger partial charge in [0.1, 0.15) is 0 Å². The minimum absolute atomic E-state index is 0.0788. The predicted molar refractivity (Wildman–Crippen MR) is 102 cm³/mol. The Bertz CT molecular complexity index is 1000. The molecular formula is C22H20O8. The van der Waals surface area contributed by atoms with E-state index in [0.717, 1.165) is 5.56 Å². The molecule has 156 valence electrons. The van der Waals surface area contributed by atoms with Gasteiger partial charge in [0.15, 0.2) is 28.8 Å². The van der Waals surface area contributed by atoms with Gasteiger partial charge in [0.25, 0.3) is 0 Å². The average molecular weight is 412 g/mol. The van der Waals surface area contributed by atoms with Crippen LogP contribution in [0, 0.1) is 11.8 Å². The van der Waals surface area contributed by atoms with Crippen molar-refractivity contribution in [2.24, 2.45) is 11.8 Å². The van der Waals surface area contributed by atoms with Crippen molar-refractivity contribution in [2.75, 3.05) is 26.8 Å². The zero-order valence-electron chi connectivity index (χ0n) is 16.3. The van der Waals surface area contributed by atoms with E-state index in [0.29, 0.717) is 28.6 Å². The van der Waals surface area contributed by atoms with Crippen LogP contribution in [-0.2, 0) is 14.3 Å². The van der Waals surface area contributed by atoms with Gasteiger partial charge in [-0.1, -0.05) is 6.07 Å². The van der Waals surface area contributed by atoms with E-state index in [2.05, 4.69) is 0 Å². The van der Waals surface area contributed by atoms with Gasteiger partial charge in [0.2, 0.25) is 13.6 Å². The molecule has 1 fully saturated rings. The second-order valence-corrected chi connectivity index (χ2v) is 7.37. The van der Waals surface area contributed by atoms with E-state index in [-0.39, 0.29) is 38.5 Å². The topological polar surface area (TPSA) is 89.5 Å². The lowest BCUT2D eigenvalue weighted by Crippen LogP contribution is -2.28. The molecule has 1 saturated heterocycles. The number of esters is 1. The molecule has 0 saturated carbocycles. The SMILES string of the molecule is CC(=O)OC[C@H]1[C@@H](C(=O)c2ccc3c(c2)OCO3)CO[C@H]1c1ccc2c(c1)OCO2. The fourth-order valence-electron chi connectivity index (χ4n) is 4.05. The normalized spacial score (nSPS) is 23.4. The highest BCUT2D eigenvalue weighted by molar-refractivity contribution is 5.99. The molecule has 2 aromatic rings. The third kappa shape index (κ3) is 3.33. The summed E-state index contributed by atoms with van der Waals surface area (Å²) in [5, 5.41) is 0. The van der Waals surface area contributed by atoms with Gasteiger partial charge in [-0.25, -0.2) is 0 Å². The second kappa shape index (κ2) is 7.53. The fraction of sp³-hybridized carbons (Fsp3) is 0.364. The highest BCUT2D eigenvalue weighted by Crippen LogP contribution is 2.44. The Labute approximate surface area is 172 Å². The smallest absolute Gasteiger partial charge is 0.302 e. The third-order valence-corrected chi connectivity index (χ3v) is 5.56. The van der Waals surface area contributed by atoms with Crippen molar-refractivity contribution in [3.8, 4) is 23.0 Å². The van der Waals surface area contributed by atoms with Crippen LogP contribution in [0.25, 0.3) is 0 Å². The molecule has 3 aliphatic rings. The van der Waals surface area contributed by atoms with Gasteiger partial charge >= 0.3 is 5.97 Å². The summed E-state index contributed by atoms with van der Waals surface area (Å²) in [6.07, 6.45) is -0.415. The van der Waals surface area contributed by atoms with E-state index in [9.17, 15) is 9.59 Å². The first-order chi connectivity index (χ1) is 14.6. The highest BCUT2D eigenvalue weighted by atomic mass is 16.7. The van der Waals surface area contributed by atoms with Gasteiger partial charge < -0.3 is 28.4 Å². The van der Waals surface area contributed by atoms with Crippen LogP contribution in [0.2, 0.25) is 0 Å². The molecule has 3 aliphatic heterocycles. The summed E-state index contributed by atoms with van der Waals surface area (Å²) < 4.78 is 32.9. The van der Waals surface area contributed by atoms with Gasteiger partial charge in [-0.2, -0.15) is 0 Å². The van der Waals surface area contributed by atoms with E-state index in [1.165, 1.54) is 6.92 Å². The number of hydrogen-bond acceptors (Lipinski definition) is 8. The van der Waals surface area contributed by atoms with Crippen LogP contribution in [0.5, 0.6) is 23.0 Å². The number of Topliss-reactive ketones (excluding diaryl/α,β-unsaturated/α-hetero) is 1. The molecule has 3 heterocycles. The molecule has 0 bridgehead atoms. The molecule has 0 unspecified atom stereocenters. The molecule has 3 atom stereocenters. The first kappa shape index (κ1) is 18.7. The van der Waals surface area contributed by atoms with Gasteiger partial charge in [-0.05, 0) is 35.9 Å². The number of ether oxygens (including phenoxy) is 6. The van der Waals surface area contributed by atoms with Crippen molar-refractivity contribution in [2.45, 2.75) is 13.0 Å². The van der Waals surface area contributed by atoms with Crippen molar-refractivity contribution in [1.82, 2.24) is 0 Å². The Kier molecular flexibility index (Phi) is 4.71. The van der Waals surface area contributed by atoms with Crippen molar-refractivity contribution in [3.05, 3.63) is 47.5 Å². The summed E-state index contributed by atoms with van der Waals surface area (Å²) >= 11 is 0. The number of carbonyl (C=O) groups is 2. The lowest BCUT2D eigenvalue weighted by Gasteiger charge is -2.22. The molecule has 0 radical (unpaired) electrons. The molecule has 2 aromatic carbocycles. The zero-order chi connectivity index (χ0) is 20.7. The van der Waals surface area contributed by atoms with Crippen molar-refractivity contribution >= 4 is 11.8 Å². The summed E-state index contributed by atoms with van der Waals surface area (Å²) in [6.45, 7) is 1.96. The maximum absolute atomic E-state index is 13.3. The number of ketones is 1. The van der Waals surface area contributed by atoms with E-state index in [1.807, 2.05) is 18.2 Å². The van der Waals surface area contributed by atoms with Crippen molar-refractivity contribution in [3.63, 3.8) is 0 Å². The Morgan fingerprint density at radius 2 is 1.60 bits per heavy atom. The fourth-order valence-corrected chi connectivity index (χ4v) is 4.05. The maximum atomic E-state index is 13.3. The molecule has 8 nitrogen and oxygen atoms in total. The first-order valence-corrected chi connectivity index (χ1v) is 9.68. The van der Waals surface area contributed by atoms with Gasteiger partial charge in [-0.15, -0.1) is 0 Å². The number of hydrogen-bond donors (Lipinski definition) is 0. The van der Waals surface area contributed by atoms with E-state index < -0.39 is 18.0 Å². The molecular weight excluding hydrogens is 392 g/mol. The largest absolute Gasteiger partial charge is 0.465 e. The van der Waals surface area contributed by atoms with E-state index in [1.54, 1.807) is 18.2 Å². The van der Waals surface area contributed by atoms with Crippen LogP contribution in [0.3, 0.4) is 0 Å². The Morgan fingerprint density at radius 3 is 2.33 bits per heavy atom. The van der Waals surface area contributed by atoms with Gasteiger partial charge in [0, 0.05) is 18.4 Å². The van der Waals surface area contributed by atoms with Crippen LogP contribution < -0.4 is 18.9 Å². The zero-order valence-corrected chi connectivity index (χ0v) is 16.3. The summed E-state index contributed by atoms with van der Waals surface area (Å²) in [4.78, 5) is 24.8. The number of fused-ring (bicyclic) bond motifs is 2. The minimum Gasteiger partial charge on any atom is -0.465 e. The Morgan fingerprint density at radius 1 is 0.933 bits per heavy atom. The summed E-state index contributed by atoms with van der Waals surface area (Å²) in [7, 11) is 0. The number of carbonyl (C=O) groups excluding carboxylic acids is 2. The summed E-state index contributed by atoms with van der Waals surface area (Å²) in [5.41, 5.74) is 1.35. The summed E-state index contributed by atoms with van der Waals surface area (Å²) in [6, 6.07) is 10.7. The minimum atomic E-state index is -0.472. The van der Waals surface area contributed by atoms with Crippen LogP contribution in [-0.4, -0.2) is 38.6 Å². The molecule has 8 heteroatoms. The maximum Gasteiger partial charge on any atom is 0.302 e. The average Bonchev–Trinajstić information content (AvgIpc) is 3.49. The summed E-state index contributed by atoms with van der Waals surface area (Å²) in [5.74, 6) is 1.16. The quantitative estimate of drug-likeness (QED) is 0.547. The van der Waals surface area contributed by atoms with E-state index in [4.69, 9.17) is 28.4 Å². The predicted octanol–water partition coefficient (Wildman–Crippen LogP) is 2.89. The monoisotopic (exact) mass is 412 g/mol. The van der Waals surface area contributed by atoms with Crippen molar-refractivity contribution < 1.29 is 38.0 Å². The molecule has 0 aromatic heterocycles. The lowest BCUT2D eigenvalue weighted by molar-refractivity contribution is -0.143. The Hall–Kier alpha value is -3.26.